The molecule has 2 rings (SSSR count). The van der Waals surface area contributed by atoms with Crippen molar-refractivity contribution in [2.24, 2.45) is 0 Å². The molecule has 0 unspecified atom stereocenters. The zero-order valence-electron chi connectivity index (χ0n) is 10.5. The van der Waals surface area contributed by atoms with Gasteiger partial charge in [-0.2, -0.15) is 5.10 Å². The molecule has 0 spiro atoms. The van der Waals surface area contributed by atoms with Gasteiger partial charge in [0.1, 0.15) is 0 Å². The average Bonchev–Trinajstić information content (AvgIpc) is 2.94. The quantitative estimate of drug-likeness (QED) is 0.783. The first-order valence-corrected chi connectivity index (χ1v) is 5.85. The van der Waals surface area contributed by atoms with Crippen LogP contribution in [0.25, 0.3) is 0 Å². The van der Waals surface area contributed by atoms with Crippen molar-refractivity contribution >= 4 is 5.91 Å². The molecule has 0 aliphatic carbocycles. The van der Waals surface area contributed by atoms with Gasteiger partial charge in [0.25, 0.3) is 5.91 Å². The van der Waals surface area contributed by atoms with Crippen LogP contribution in [0.5, 0.6) is 0 Å². The minimum Gasteiger partial charge on any atom is -0.438 e. The van der Waals surface area contributed by atoms with E-state index in [-0.39, 0.29) is 11.7 Å². The van der Waals surface area contributed by atoms with Crippen LogP contribution in [0.1, 0.15) is 33.9 Å². The van der Waals surface area contributed by atoms with Gasteiger partial charge in [0.05, 0.1) is 11.9 Å². The predicted octanol–water partition coefficient (Wildman–Crippen LogP) is 1.38. The van der Waals surface area contributed by atoms with Crippen LogP contribution < -0.4 is 5.32 Å². The second-order valence-electron chi connectivity index (χ2n) is 4.15. The number of oxazole rings is 1. The lowest BCUT2D eigenvalue weighted by atomic mass is 10.1. The Morgan fingerprint density at radius 1 is 1.50 bits per heavy atom. The van der Waals surface area contributed by atoms with E-state index in [9.17, 15) is 4.79 Å². The second-order valence-corrected chi connectivity index (χ2v) is 4.15. The Morgan fingerprint density at radius 2 is 2.33 bits per heavy atom. The summed E-state index contributed by atoms with van der Waals surface area (Å²) in [5, 5.41) is 9.64. The Bertz CT molecular complexity index is 530. The van der Waals surface area contributed by atoms with Crippen LogP contribution in [0, 0.1) is 13.8 Å². The van der Waals surface area contributed by atoms with Gasteiger partial charge in [0.2, 0.25) is 5.76 Å². The van der Waals surface area contributed by atoms with Crippen molar-refractivity contribution in [1.29, 1.82) is 0 Å². The Kier molecular flexibility index (Phi) is 3.76. The highest BCUT2D eigenvalue weighted by molar-refractivity contribution is 5.92. The van der Waals surface area contributed by atoms with Gasteiger partial charge >= 0.3 is 0 Å². The lowest BCUT2D eigenvalue weighted by molar-refractivity contribution is 0.0924. The monoisotopic (exact) mass is 248 g/mol. The molecule has 0 aliphatic rings. The Balaban J connectivity index is 1.75. The molecular formula is C12H16N4O2. The van der Waals surface area contributed by atoms with E-state index < -0.39 is 0 Å². The summed E-state index contributed by atoms with van der Waals surface area (Å²) in [6, 6.07) is 0. The van der Waals surface area contributed by atoms with Crippen molar-refractivity contribution in [3.05, 3.63) is 35.3 Å². The van der Waals surface area contributed by atoms with Crippen molar-refractivity contribution in [2.75, 3.05) is 6.54 Å². The number of aromatic nitrogens is 3. The number of nitrogens with one attached hydrogen (secondary N) is 2. The van der Waals surface area contributed by atoms with E-state index >= 15 is 0 Å². The smallest absolute Gasteiger partial charge is 0.288 e. The van der Waals surface area contributed by atoms with Gasteiger partial charge < -0.3 is 9.73 Å². The fourth-order valence-corrected chi connectivity index (χ4v) is 1.71. The number of nitrogens with zero attached hydrogens (tertiary/aromatic N) is 2. The van der Waals surface area contributed by atoms with Gasteiger partial charge in [-0.05, 0) is 32.3 Å². The number of aromatic amines is 1. The minimum atomic E-state index is -0.214. The minimum absolute atomic E-state index is 0.214. The van der Waals surface area contributed by atoms with E-state index in [1.807, 2.05) is 13.1 Å². The van der Waals surface area contributed by atoms with E-state index in [4.69, 9.17) is 4.42 Å². The van der Waals surface area contributed by atoms with Gasteiger partial charge in [-0.3, -0.25) is 9.89 Å². The van der Waals surface area contributed by atoms with E-state index in [2.05, 4.69) is 20.5 Å². The highest BCUT2D eigenvalue weighted by Crippen LogP contribution is 2.06. The largest absolute Gasteiger partial charge is 0.438 e. The molecule has 0 atom stereocenters. The van der Waals surface area contributed by atoms with Crippen molar-refractivity contribution in [1.82, 2.24) is 20.5 Å². The number of carbonyl (C=O) groups excluding carboxylic acids is 1. The topological polar surface area (TPSA) is 83.8 Å². The third-order valence-corrected chi connectivity index (χ3v) is 2.79. The van der Waals surface area contributed by atoms with Gasteiger partial charge in [-0.15, -0.1) is 0 Å². The number of rotatable bonds is 5. The van der Waals surface area contributed by atoms with E-state index in [1.165, 1.54) is 12.0 Å². The summed E-state index contributed by atoms with van der Waals surface area (Å²) in [5.74, 6) is 0.0726. The molecule has 2 heterocycles. The SMILES string of the molecule is Cc1ncoc1C(=O)NCCCc1cn[nH]c1C. The van der Waals surface area contributed by atoms with Crippen LogP contribution >= 0.6 is 0 Å². The first kappa shape index (κ1) is 12.3. The molecule has 2 aromatic rings. The van der Waals surface area contributed by atoms with Gasteiger partial charge in [-0.1, -0.05) is 0 Å². The third kappa shape index (κ3) is 2.77. The summed E-state index contributed by atoms with van der Waals surface area (Å²) in [6.07, 6.45) is 4.84. The molecule has 0 saturated carbocycles. The van der Waals surface area contributed by atoms with Gasteiger partial charge in [0.15, 0.2) is 6.39 Å². The second kappa shape index (κ2) is 5.48. The summed E-state index contributed by atoms with van der Waals surface area (Å²) >= 11 is 0. The van der Waals surface area contributed by atoms with Crippen molar-refractivity contribution in [3.8, 4) is 0 Å². The maximum Gasteiger partial charge on any atom is 0.288 e. The number of aryl methyl sites for hydroxylation is 3. The Morgan fingerprint density at radius 3 is 2.94 bits per heavy atom. The van der Waals surface area contributed by atoms with Crippen molar-refractivity contribution in [2.45, 2.75) is 26.7 Å². The summed E-state index contributed by atoms with van der Waals surface area (Å²) in [6.45, 7) is 4.33. The molecular weight excluding hydrogens is 232 g/mol. The average molecular weight is 248 g/mol. The molecule has 0 fully saturated rings. The zero-order chi connectivity index (χ0) is 13.0. The van der Waals surface area contributed by atoms with Crippen LogP contribution in [-0.4, -0.2) is 27.6 Å². The van der Waals surface area contributed by atoms with Crippen LogP contribution in [0.3, 0.4) is 0 Å². The van der Waals surface area contributed by atoms with Crippen LogP contribution in [-0.2, 0) is 6.42 Å². The number of hydrogen-bond donors (Lipinski definition) is 2. The maximum absolute atomic E-state index is 11.7. The summed E-state index contributed by atoms with van der Waals surface area (Å²) < 4.78 is 5.01. The molecule has 18 heavy (non-hydrogen) atoms. The highest BCUT2D eigenvalue weighted by atomic mass is 16.3. The standard InChI is InChI=1S/C12H16N4O2/c1-8-10(6-15-16-8)4-3-5-13-12(17)11-9(2)14-7-18-11/h6-7H,3-5H2,1-2H3,(H,13,17)(H,15,16). The molecule has 2 aromatic heterocycles. The third-order valence-electron chi connectivity index (χ3n) is 2.79. The molecule has 0 bridgehead atoms. The van der Waals surface area contributed by atoms with Crippen molar-refractivity contribution < 1.29 is 9.21 Å². The summed E-state index contributed by atoms with van der Waals surface area (Å²) in [5.41, 5.74) is 2.87. The molecule has 1 amide bonds. The highest BCUT2D eigenvalue weighted by Gasteiger charge is 2.12. The van der Waals surface area contributed by atoms with Crippen molar-refractivity contribution in [3.63, 3.8) is 0 Å². The fraction of sp³-hybridized carbons (Fsp3) is 0.417. The molecule has 0 saturated heterocycles. The normalized spacial score (nSPS) is 10.6. The number of H-pyrrole nitrogens is 1. The first-order valence-electron chi connectivity index (χ1n) is 5.85. The van der Waals surface area contributed by atoms with E-state index in [1.54, 1.807) is 6.92 Å². The Hall–Kier alpha value is -2.11. The predicted molar refractivity (Wildman–Crippen MR) is 65.2 cm³/mol. The lowest BCUT2D eigenvalue weighted by Crippen LogP contribution is -2.25. The first-order chi connectivity index (χ1) is 8.68. The number of amides is 1. The van der Waals surface area contributed by atoms with Crippen LogP contribution in [0.15, 0.2) is 17.0 Å². The molecule has 0 aromatic carbocycles. The maximum atomic E-state index is 11.7. The number of carbonyl (C=O) groups is 1. The van der Waals surface area contributed by atoms with Gasteiger partial charge in [-0.25, -0.2) is 4.98 Å². The molecule has 6 heteroatoms. The van der Waals surface area contributed by atoms with Gasteiger partial charge in [0, 0.05) is 12.2 Å². The molecule has 2 N–H and O–H groups in total. The lowest BCUT2D eigenvalue weighted by Gasteiger charge is -2.03. The van der Waals surface area contributed by atoms with E-state index in [0.717, 1.165) is 18.5 Å². The zero-order valence-corrected chi connectivity index (χ0v) is 10.5. The molecule has 0 aliphatic heterocycles. The number of hydrogen-bond acceptors (Lipinski definition) is 4. The summed E-state index contributed by atoms with van der Waals surface area (Å²) in [4.78, 5) is 15.6. The summed E-state index contributed by atoms with van der Waals surface area (Å²) in [7, 11) is 0. The van der Waals surface area contributed by atoms with Crippen LogP contribution in [0.4, 0.5) is 0 Å². The van der Waals surface area contributed by atoms with Crippen LogP contribution in [0.2, 0.25) is 0 Å². The fourth-order valence-electron chi connectivity index (χ4n) is 1.71. The molecule has 96 valence electrons. The van der Waals surface area contributed by atoms with E-state index in [0.29, 0.717) is 12.2 Å². The molecule has 0 radical (unpaired) electrons. The molecule has 6 nitrogen and oxygen atoms in total. The Labute approximate surface area is 105 Å².